The van der Waals surface area contributed by atoms with E-state index in [2.05, 4.69) is 13.1 Å². The molecule has 3 nitrogen and oxygen atoms in total. The Kier molecular flexibility index (Phi) is 2.48. The summed E-state index contributed by atoms with van der Waals surface area (Å²) in [6, 6.07) is 0. The molecule has 0 saturated carbocycles. The van der Waals surface area contributed by atoms with Crippen molar-refractivity contribution in [3.8, 4) is 0 Å². The second-order valence-electron chi connectivity index (χ2n) is 2.69. The van der Waals surface area contributed by atoms with Crippen molar-refractivity contribution in [1.29, 1.82) is 0 Å². The maximum Gasteiger partial charge on any atom is 0.362 e. The lowest BCUT2D eigenvalue weighted by molar-refractivity contribution is 0.274. The van der Waals surface area contributed by atoms with Gasteiger partial charge in [0.25, 0.3) is 0 Å². The molecule has 0 aromatic carbocycles. The van der Waals surface area contributed by atoms with Gasteiger partial charge in [0.15, 0.2) is 0 Å². The summed E-state index contributed by atoms with van der Waals surface area (Å²) in [6.45, 7) is 8.18. The van der Waals surface area contributed by atoms with Gasteiger partial charge >= 0.3 is 27.1 Å². The standard InChI is InChI=1S/C4H12O3Si3/c1-8-5-9(2)7-10(3,4)6-8/h1-4H3. The van der Waals surface area contributed by atoms with Crippen LogP contribution in [0.15, 0.2) is 0 Å². The first-order valence-corrected chi connectivity index (χ1v) is 9.67. The Bertz CT molecular complexity index is 117. The van der Waals surface area contributed by atoms with Crippen molar-refractivity contribution in [2.45, 2.75) is 26.2 Å². The van der Waals surface area contributed by atoms with E-state index < -0.39 is 27.1 Å². The summed E-state index contributed by atoms with van der Waals surface area (Å²) >= 11 is 0. The van der Waals surface area contributed by atoms with Crippen molar-refractivity contribution in [3.05, 3.63) is 0 Å². The van der Waals surface area contributed by atoms with Crippen molar-refractivity contribution in [2.75, 3.05) is 0 Å². The predicted octanol–water partition coefficient (Wildman–Crippen LogP) is 0.988. The summed E-state index contributed by atoms with van der Waals surface area (Å²) in [4.78, 5) is 0. The van der Waals surface area contributed by atoms with Gasteiger partial charge in [0.05, 0.1) is 0 Å². The van der Waals surface area contributed by atoms with Crippen LogP contribution >= 0.6 is 0 Å². The number of hydrogen-bond donors (Lipinski definition) is 0. The minimum Gasteiger partial charge on any atom is -0.415 e. The monoisotopic (exact) mass is 192 g/mol. The highest BCUT2D eigenvalue weighted by molar-refractivity contribution is 6.81. The lowest BCUT2D eigenvalue weighted by atomic mass is 11.9. The SMILES string of the molecule is C[Si]1O[Si](C)O[Si](C)(C)O1. The third-order valence-electron chi connectivity index (χ3n) is 1.07. The predicted molar refractivity (Wildman–Crippen MR) is 44.0 cm³/mol. The Labute approximate surface area is 66.2 Å². The quantitative estimate of drug-likeness (QED) is 0.536. The van der Waals surface area contributed by atoms with Gasteiger partial charge in [-0.05, 0) is 26.2 Å². The number of hydrogen-bond acceptors (Lipinski definition) is 3. The second kappa shape index (κ2) is 2.88. The van der Waals surface area contributed by atoms with E-state index in [0.717, 1.165) is 0 Å². The maximum absolute atomic E-state index is 5.57. The van der Waals surface area contributed by atoms with Crippen LogP contribution in [0.4, 0.5) is 0 Å². The van der Waals surface area contributed by atoms with Gasteiger partial charge in [-0.3, -0.25) is 0 Å². The second-order valence-corrected chi connectivity index (χ2v) is 9.90. The van der Waals surface area contributed by atoms with Gasteiger partial charge in [-0.15, -0.1) is 0 Å². The molecule has 0 N–H and O–H groups in total. The average molecular weight is 192 g/mol. The molecule has 0 atom stereocenters. The minimum atomic E-state index is -1.75. The molecule has 0 aliphatic carbocycles. The Morgan fingerprint density at radius 1 is 1.00 bits per heavy atom. The van der Waals surface area contributed by atoms with Crippen LogP contribution in [0.2, 0.25) is 26.2 Å². The van der Waals surface area contributed by atoms with Crippen molar-refractivity contribution in [1.82, 2.24) is 0 Å². The van der Waals surface area contributed by atoms with Crippen molar-refractivity contribution in [2.24, 2.45) is 0 Å². The lowest BCUT2D eigenvalue weighted by Gasteiger charge is -2.34. The van der Waals surface area contributed by atoms with E-state index in [4.69, 9.17) is 12.3 Å². The summed E-state index contributed by atoms with van der Waals surface area (Å²) in [5.74, 6) is 0. The highest BCUT2D eigenvalue weighted by Crippen LogP contribution is 2.16. The smallest absolute Gasteiger partial charge is 0.362 e. The van der Waals surface area contributed by atoms with Gasteiger partial charge in [0.1, 0.15) is 0 Å². The van der Waals surface area contributed by atoms with Crippen LogP contribution in [-0.4, -0.2) is 27.1 Å². The number of rotatable bonds is 0. The van der Waals surface area contributed by atoms with Crippen LogP contribution in [0.25, 0.3) is 0 Å². The van der Waals surface area contributed by atoms with Crippen LogP contribution < -0.4 is 0 Å². The Hall–Kier alpha value is 0.531. The molecular weight excluding hydrogens is 180 g/mol. The molecule has 0 amide bonds. The molecule has 2 radical (unpaired) electrons. The molecule has 1 aliphatic rings. The zero-order chi connectivity index (χ0) is 7.78. The summed E-state index contributed by atoms with van der Waals surface area (Å²) in [7, 11) is -3.68. The molecule has 1 rings (SSSR count). The molecule has 1 fully saturated rings. The molecule has 1 aliphatic heterocycles. The fourth-order valence-electron chi connectivity index (χ4n) is 0.957. The molecule has 0 bridgehead atoms. The van der Waals surface area contributed by atoms with E-state index in [9.17, 15) is 0 Å². The maximum atomic E-state index is 5.57. The molecule has 58 valence electrons. The highest BCUT2D eigenvalue weighted by Gasteiger charge is 2.38. The molecule has 0 unspecified atom stereocenters. The molecule has 0 aromatic heterocycles. The molecular formula is C4H12O3Si3. The Balaban J connectivity index is 2.51. The summed E-state index contributed by atoms with van der Waals surface area (Å²) < 4.78 is 16.5. The first-order chi connectivity index (χ1) is 4.49. The van der Waals surface area contributed by atoms with Crippen molar-refractivity contribution < 1.29 is 12.3 Å². The van der Waals surface area contributed by atoms with E-state index in [1.54, 1.807) is 0 Å². The average Bonchev–Trinajstić information content (AvgIpc) is 1.54. The van der Waals surface area contributed by atoms with Crippen LogP contribution in [0.3, 0.4) is 0 Å². The van der Waals surface area contributed by atoms with Gasteiger partial charge in [0.2, 0.25) is 0 Å². The van der Waals surface area contributed by atoms with Gasteiger partial charge in [-0.1, -0.05) is 0 Å². The Morgan fingerprint density at radius 2 is 1.40 bits per heavy atom. The third-order valence-corrected chi connectivity index (χ3v) is 9.60. The van der Waals surface area contributed by atoms with E-state index in [0.29, 0.717) is 0 Å². The molecule has 1 saturated heterocycles. The van der Waals surface area contributed by atoms with E-state index in [-0.39, 0.29) is 0 Å². The van der Waals surface area contributed by atoms with Crippen LogP contribution in [0.5, 0.6) is 0 Å². The summed E-state index contributed by atoms with van der Waals surface area (Å²) in [5.41, 5.74) is 0. The molecule has 1 heterocycles. The minimum absolute atomic E-state index is 0.966. The lowest BCUT2D eigenvalue weighted by Crippen LogP contribution is -2.52. The van der Waals surface area contributed by atoms with E-state index >= 15 is 0 Å². The normalized spacial score (nSPS) is 28.8. The van der Waals surface area contributed by atoms with E-state index in [1.807, 2.05) is 13.1 Å². The molecule has 6 heteroatoms. The molecule has 0 spiro atoms. The summed E-state index contributed by atoms with van der Waals surface area (Å²) in [6.07, 6.45) is 0. The van der Waals surface area contributed by atoms with Crippen molar-refractivity contribution in [3.63, 3.8) is 0 Å². The molecule has 0 aromatic rings. The highest BCUT2D eigenvalue weighted by atomic mass is 28.5. The van der Waals surface area contributed by atoms with Crippen molar-refractivity contribution >= 4 is 27.1 Å². The largest absolute Gasteiger partial charge is 0.415 e. The first-order valence-electron chi connectivity index (χ1n) is 3.22. The van der Waals surface area contributed by atoms with Gasteiger partial charge < -0.3 is 12.3 Å². The third kappa shape index (κ3) is 2.29. The van der Waals surface area contributed by atoms with Crippen LogP contribution in [0.1, 0.15) is 0 Å². The van der Waals surface area contributed by atoms with Gasteiger partial charge in [-0.2, -0.15) is 0 Å². The zero-order valence-electron chi connectivity index (χ0n) is 6.72. The van der Waals surface area contributed by atoms with Crippen LogP contribution in [-0.2, 0) is 12.3 Å². The Morgan fingerprint density at radius 3 is 1.70 bits per heavy atom. The fourth-order valence-corrected chi connectivity index (χ4v) is 9.74. The first kappa shape index (κ1) is 8.63. The van der Waals surface area contributed by atoms with Gasteiger partial charge in [-0.25, -0.2) is 0 Å². The van der Waals surface area contributed by atoms with Crippen LogP contribution in [0, 0.1) is 0 Å². The molecule has 10 heavy (non-hydrogen) atoms. The fraction of sp³-hybridized carbons (Fsp3) is 1.00. The van der Waals surface area contributed by atoms with E-state index in [1.165, 1.54) is 0 Å². The topological polar surface area (TPSA) is 27.7 Å². The summed E-state index contributed by atoms with van der Waals surface area (Å²) in [5, 5.41) is 0. The van der Waals surface area contributed by atoms with Gasteiger partial charge in [0, 0.05) is 0 Å². The zero-order valence-corrected chi connectivity index (χ0v) is 9.72.